The molecule has 0 aliphatic rings. The molecule has 3 N–H and O–H groups in total. The van der Waals surface area contributed by atoms with Crippen LogP contribution >= 0.6 is 16.9 Å². The molecule has 0 saturated heterocycles. The van der Waals surface area contributed by atoms with Crippen LogP contribution in [0.4, 0.5) is 0 Å². The SMILES string of the molecule is O=P.O=P(O)(O)O. The largest absolute Gasteiger partial charge is 0.466 e. The van der Waals surface area contributed by atoms with Crippen molar-refractivity contribution in [1.82, 2.24) is 0 Å². The molecule has 0 aliphatic heterocycles. The summed E-state index contributed by atoms with van der Waals surface area (Å²) in [6.07, 6.45) is 0. The fourth-order valence-electron chi connectivity index (χ4n) is 0. The summed E-state index contributed by atoms with van der Waals surface area (Å²) in [5, 5.41) is 0. The minimum atomic E-state index is -4.64. The standard InChI is InChI=1S/H3O4P.HOP/c1-5(2,3)4;1-2/h(H3,1,2,3,4);2H. The lowest BCUT2D eigenvalue weighted by Gasteiger charge is -1.82. The second kappa shape index (κ2) is 4.37. The monoisotopic (exact) mass is 146 g/mol. The van der Waals surface area contributed by atoms with Crippen LogP contribution in [0.25, 0.3) is 0 Å². The van der Waals surface area contributed by atoms with E-state index < -0.39 is 7.82 Å². The first-order chi connectivity index (χ1) is 3.00. The normalized spacial score (nSPS) is 9.00. The van der Waals surface area contributed by atoms with Crippen LogP contribution in [0.2, 0.25) is 0 Å². The predicted octanol–water partition coefficient (Wildman–Crippen LogP) is -0.454. The molecule has 0 bridgehead atoms. The van der Waals surface area contributed by atoms with E-state index >= 15 is 0 Å². The van der Waals surface area contributed by atoms with Crippen LogP contribution in [0.5, 0.6) is 0 Å². The summed E-state index contributed by atoms with van der Waals surface area (Å²) in [6, 6.07) is 0. The third kappa shape index (κ3) is 2500. The van der Waals surface area contributed by atoms with Gasteiger partial charge in [0, 0.05) is 0 Å². The Morgan fingerprint density at radius 3 is 1.14 bits per heavy atom. The minimum absolute atomic E-state index is 1.72. The van der Waals surface area contributed by atoms with Gasteiger partial charge in [0.15, 0.2) is 0 Å². The summed E-state index contributed by atoms with van der Waals surface area (Å²) < 4.78 is 16.9. The number of hydrogen-bond donors (Lipinski definition) is 3. The van der Waals surface area contributed by atoms with Gasteiger partial charge in [-0.2, -0.15) is 0 Å². The van der Waals surface area contributed by atoms with E-state index in [0.29, 0.717) is 0 Å². The van der Waals surface area contributed by atoms with E-state index in [0.717, 1.165) is 0 Å². The van der Waals surface area contributed by atoms with Gasteiger partial charge in [0.05, 0.1) is 0 Å². The van der Waals surface area contributed by atoms with E-state index in [1.165, 1.54) is 0 Å². The maximum absolute atomic E-state index is 8.88. The van der Waals surface area contributed by atoms with Gasteiger partial charge in [-0.1, -0.05) is 0 Å². The molecule has 0 rings (SSSR count). The van der Waals surface area contributed by atoms with Crippen molar-refractivity contribution in [1.29, 1.82) is 0 Å². The Hall–Kier alpha value is 0.210. The Kier molecular flexibility index (Phi) is 6.40. The first-order valence-electron chi connectivity index (χ1n) is 0.987. The van der Waals surface area contributed by atoms with E-state index in [2.05, 4.69) is 0 Å². The van der Waals surface area contributed by atoms with E-state index in [4.69, 9.17) is 23.8 Å². The predicted molar refractivity (Wildman–Crippen MR) is 23.3 cm³/mol. The van der Waals surface area contributed by atoms with Gasteiger partial charge in [0.1, 0.15) is 9.12 Å². The van der Waals surface area contributed by atoms with Gasteiger partial charge < -0.3 is 14.7 Å². The molecule has 0 fully saturated rings. The van der Waals surface area contributed by atoms with Crippen molar-refractivity contribution in [3.8, 4) is 0 Å². The van der Waals surface area contributed by atoms with Crippen LogP contribution in [0.15, 0.2) is 0 Å². The van der Waals surface area contributed by atoms with Crippen molar-refractivity contribution in [3.05, 3.63) is 0 Å². The summed E-state index contributed by atoms with van der Waals surface area (Å²) >= 11 is 0. The number of hydrogen-bond acceptors (Lipinski definition) is 2. The highest BCUT2D eigenvalue weighted by Gasteiger charge is 2.00. The fourth-order valence-corrected chi connectivity index (χ4v) is 0. The summed E-state index contributed by atoms with van der Waals surface area (Å²) in [7, 11) is -2.92. The highest BCUT2D eigenvalue weighted by atomic mass is 31.2. The molecule has 0 aromatic carbocycles. The second-order valence-electron chi connectivity index (χ2n) is 0.513. The Morgan fingerprint density at radius 1 is 1.14 bits per heavy atom. The van der Waals surface area contributed by atoms with E-state index in [-0.39, 0.29) is 0 Å². The maximum Gasteiger partial charge on any atom is 0.466 e. The molecule has 0 amide bonds. The molecule has 0 aliphatic carbocycles. The summed E-state index contributed by atoms with van der Waals surface area (Å²) in [4.78, 5) is 21.6. The highest BCUT2D eigenvalue weighted by molar-refractivity contribution is 7.45. The first kappa shape index (κ1) is 10.2. The van der Waals surface area contributed by atoms with Crippen molar-refractivity contribution in [2.45, 2.75) is 0 Å². The third-order valence-electron chi connectivity index (χ3n) is 0. The minimum Gasteiger partial charge on any atom is -0.303 e. The van der Waals surface area contributed by atoms with Gasteiger partial charge in [0.2, 0.25) is 0 Å². The molecule has 0 unspecified atom stereocenters. The zero-order valence-electron chi connectivity index (χ0n) is 3.11. The van der Waals surface area contributed by atoms with E-state index in [1.54, 1.807) is 9.12 Å². The maximum atomic E-state index is 8.88. The average Bonchev–Trinajstić information content (AvgIpc) is 1.36. The molecule has 0 saturated carbocycles. The van der Waals surface area contributed by atoms with Crippen LogP contribution in [0.1, 0.15) is 0 Å². The van der Waals surface area contributed by atoms with Gasteiger partial charge in [0.25, 0.3) is 0 Å². The molecule has 0 radical (unpaired) electrons. The van der Waals surface area contributed by atoms with E-state index in [1.807, 2.05) is 0 Å². The Bertz CT molecular complexity index is 61.9. The number of phosphoric acid groups is 1. The molecule has 0 aromatic heterocycles. The zero-order chi connectivity index (χ0) is 6.50. The Balaban J connectivity index is 0. The highest BCUT2D eigenvalue weighted by Crippen LogP contribution is 2.25. The molecule has 0 spiro atoms. The molecule has 44 valence electrons. The molecule has 5 nitrogen and oxygen atoms in total. The lowest BCUT2D eigenvalue weighted by molar-refractivity contribution is 0.275. The van der Waals surface area contributed by atoms with Crippen LogP contribution in [-0.2, 0) is 9.13 Å². The van der Waals surface area contributed by atoms with Gasteiger partial charge >= 0.3 is 7.82 Å². The topological polar surface area (TPSA) is 94.8 Å². The smallest absolute Gasteiger partial charge is 0.303 e. The fraction of sp³-hybridized carbons (Fsp3) is 0. The molecular formula is H4O5P2. The van der Waals surface area contributed by atoms with Crippen LogP contribution in [0.3, 0.4) is 0 Å². The summed E-state index contributed by atoms with van der Waals surface area (Å²) in [5.41, 5.74) is 0. The lowest BCUT2D eigenvalue weighted by atomic mass is 15.8. The van der Waals surface area contributed by atoms with E-state index in [9.17, 15) is 0 Å². The van der Waals surface area contributed by atoms with Crippen molar-refractivity contribution in [2.24, 2.45) is 0 Å². The quantitative estimate of drug-likeness (QED) is 0.402. The van der Waals surface area contributed by atoms with Crippen LogP contribution < -0.4 is 0 Å². The molecule has 7 heavy (non-hydrogen) atoms. The van der Waals surface area contributed by atoms with Crippen molar-refractivity contribution in [2.75, 3.05) is 0 Å². The molecule has 0 aromatic rings. The number of rotatable bonds is 0. The summed E-state index contributed by atoms with van der Waals surface area (Å²) in [6.45, 7) is 0. The van der Waals surface area contributed by atoms with Gasteiger partial charge in [-0.3, -0.25) is 4.57 Å². The molecule has 0 heterocycles. The Morgan fingerprint density at radius 2 is 1.14 bits per heavy atom. The van der Waals surface area contributed by atoms with Gasteiger partial charge in [-0.25, -0.2) is 4.57 Å². The molecular weight excluding hydrogens is 142 g/mol. The Labute approximate surface area is 41.8 Å². The van der Waals surface area contributed by atoms with Gasteiger partial charge in [-0.15, -0.1) is 0 Å². The van der Waals surface area contributed by atoms with Crippen molar-refractivity contribution >= 4 is 16.9 Å². The van der Waals surface area contributed by atoms with Gasteiger partial charge in [-0.05, 0) is 0 Å². The third-order valence-corrected chi connectivity index (χ3v) is 0. The lowest BCUT2D eigenvalue weighted by Crippen LogP contribution is -1.66. The van der Waals surface area contributed by atoms with Crippen LogP contribution in [0, 0.1) is 0 Å². The first-order valence-corrected chi connectivity index (χ1v) is 2.96. The van der Waals surface area contributed by atoms with Crippen molar-refractivity contribution < 1.29 is 23.8 Å². The molecule has 0 atom stereocenters. The van der Waals surface area contributed by atoms with Crippen LogP contribution in [-0.4, -0.2) is 14.7 Å². The average molecular weight is 146 g/mol. The van der Waals surface area contributed by atoms with Crippen molar-refractivity contribution in [3.63, 3.8) is 0 Å². The zero-order valence-corrected chi connectivity index (χ0v) is 5.00. The molecule has 7 heteroatoms. The summed E-state index contributed by atoms with van der Waals surface area (Å²) in [5.74, 6) is 0. The second-order valence-corrected chi connectivity index (χ2v) is 1.54.